The molecule has 0 saturated carbocycles. The van der Waals surface area contributed by atoms with Crippen molar-refractivity contribution in [3.8, 4) is 6.07 Å². The SMILES string of the molecule is CC1CCCC(CN)N1Cc1ccnc(C#N)c1. The van der Waals surface area contributed by atoms with Gasteiger partial charge in [-0.25, -0.2) is 4.98 Å². The third kappa shape index (κ3) is 2.87. The number of rotatable bonds is 3. The molecule has 96 valence electrons. The van der Waals surface area contributed by atoms with Gasteiger partial charge in [-0.3, -0.25) is 4.90 Å². The van der Waals surface area contributed by atoms with Gasteiger partial charge in [-0.05, 0) is 37.5 Å². The summed E-state index contributed by atoms with van der Waals surface area (Å²) < 4.78 is 0. The first-order valence-electron chi connectivity index (χ1n) is 6.55. The van der Waals surface area contributed by atoms with E-state index in [0.29, 0.717) is 24.3 Å². The summed E-state index contributed by atoms with van der Waals surface area (Å²) in [5, 5.41) is 8.87. The average molecular weight is 244 g/mol. The Morgan fingerprint density at radius 3 is 3.11 bits per heavy atom. The highest BCUT2D eigenvalue weighted by atomic mass is 15.2. The van der Waals surface area contributed by atoms with Crippen molar-refractivity contribution in [3.05, 3.63) is 29.6 Å². The molecule has 18 heavy (non-hydrogen) atoms. The minimum atomic E-state index is 0.465. The van der Waals surface area contributed by atoms with Gasteiger partial charge in [-0.1, -0.05) is 6.42 Å². The molecular formula is C14H20N4. The van der Waals surface area contributed by atoms with Crippen LogP contribution in [0.1, 0.15) is 37.4 Å². The minimum absolute atomic E-state index is 0.465. The van der Waals surface area contributed by atoms with Gasteiger partial charge in [-0.2, -0.15) is 5.26 Å². The number of nitriles is 1. The fourth-order valence-corrected chi connectivity index (χ4v) is 2.72. The van der Waals surface area contributed by atoms with E-state index in [-0.39, 0.29) is 0 Å². The van der Waals surface area contributed by atoms with Crippen LogP contribution in [-0.4, -0.2) is 28.5 Å². The Kier molecular flexibility index (Phi) is 4.29. The zero-order valence-electron chi connectivity index (χ0n) is 10.8. The van der Waals surface area contributed by atoms with Crippen LogP contribution in [0.25, 0.3) is 0 Å². The molecule has 1 aromatic heterocycles. The van der Waals surface area contributed by atoms with Gasteiger partial charge < -0.3 is 5.73 Å². The van der Waals surface area contributed by atoms with E-state index in [1.165, 1.54) is 19.3 Å². The van der Waals surface area contributed by atoms with Gasteiger partial charge in [0.2, 0.25) is 0 Å². The summed E-state index contributed by atoms with van der Waals surface area (Å²) in [5.41, 5.74) is 7.49. The number of piperidine rings is 1. The zero-order chi connectivity index (χ0) is 13.0. The Morgan fingerprint density at radius 1 is 1.56 bits per heavy atom. The average Bonchev–Trinajstić information content (AvgIpc) is 2.41. The molecule has 4 heteroatoms. The molecule has 1 aliphatic rings. The van der Waals surface area contributed by atoms with Gasteiger partial charge in [-0.15, -0.1) is 0 Å². The van der Waals surface area contributed by atoms with Crippen molar-refractivity contribution in [3.63, 3.8) is 0 Å². The van der Waals surface area contributed by atoms with Gasteiger partial charge in [0.25, 0.3) is 0 Å². The predicted octanol–water partition coefficient (Wildman–Crippen LogP) is 1.65. The Balaban J connectivity index is 2.12. The molecule has 1 aromatic rings. The summed E-state index contributed by atoms with van der Waals surface area (Å²) in [5.74, 6) is 0. The highest BCUT2D eigenvalue weighted by molar-refractivity contribution is 5.25. The number of hydrogen-bond donors (Lipinski definition) is 1. The van der Waals surface area contributed by atoms with E-state index in [9.17, 15) is 0 Å². The molecule has 1 aliphatic heterocycles. The van der Waals surface area contributed by atoms with E-state index in [4.69, 9.17) is 11.0 Å². The molecule has 0 radical (unpaired) electrons. The number of likely N-dealkylation sites (tertiary alicyclic amines) is 1. The summed E-state index contributed by atoms with van der Waals surface area (Å²) in [6, 6.07) is 6.96. The quantitative estimate of drug-likeness (QED) is 0.878. The highest BCUT2D eigenvalue weighted by Gasteiger charge is 2.26. The Morgan fingerprint density at radius 2 is 2.39 bits per heavy atom. The lowest BCUT2D eigenvalue weighted by Crippen LogP contribution is -2.48. The topological polar surface area (TPSA) is 65.9 Å². The first-order valence-corrected chi connectivity index (χ1v) is 6.55. The van der Waals surface area contributed by atoms with Gasteiger partial charge >= 0.3 is 0 Å². The second-order valence-electron chi connectivity index (χ2n) is 5.00. The minimum Gasteiger partial charge on any atom is -0.329 e. The van der Waals surface area contributed by atoms with E-state index in [2.05, 4.69) is 22.9 Å². The zero-order valence-corrected chi connectivity index (χ0v) is 10.8. The summed E-state index contributed by atoms with van der Waals surface area (Å²) in [7, 11) is 0. The lowest BCUT2D eigenvalue weighted by Gasteiger charge is -2.40. The van der Waals surface area contributed by atoms with Crippen LogP contribution >= 0.6 is 0 Å². The molecule has 2 atom stereocenters. The molecule has 0 aliphatic carbocycles. The van der Waals surface area contributed by atoms with Crippen LogP contribution < -0.4 is 5.73 Å². The fourth-order valence-electron chi connectivity index (χ4n) is 2.72. The monoisotopic (exact) mass is 244 g/mol. The molecule has 0 spiro atoms. The van der Waals surface area contributed by atoms with E-state index >= 15 is 0 Å². The molecule has 1 fully saturated rings. The van der Waals surface area contributed by atoms with Crippen LogP contribution in [0.4, 0.5) is 0 Å². The van der Waals surface area contributed by atoms with Crippen molar-refractivity contribution in [1.29, 1.82) is 5.26 Å². The Hall–Kier alpha value is -1.44. The fraction of sp³-hybridized carbons (Fsp3) is 0.571. The van der Waals surface area contributed by atoms with Crippen LogP contribution in [-0.2, 0) is 6.54 Å². The normalized spacial score (nSPS) is 24.7. The molecule has 2 heterocycles. The summed E-state index contributed by atoms with van der Waals surface area (Å²) in [6.45, 7) is 3.83. The van der Waals surface area contributed by atoms with Crippen LogP contribution in [0.2, 0.25) is 0 Å². The molecule has 1 saturated heterocycles. The molecule has 0 aromatic carbocycles. The standard InChI is InChI=1S/C14H20N4/c1-11-3-2-4-14(9-16)18(11)10-12-5-6-17-13(7-12)8-15/h5-7,11,14H,2-4,9-10,16H2,1H3. The van der Waals surface area contributed by atoms with Crippen molar-refractivity contribution in [1.82, 2.24) is 9.88 Å². The van der Waals surface area contributed by atoms with Crippen molar-refractivity contribution < 1.29 is 0 Å². The molecule has 0 bridgehead atoms. The van der Waals surface area contributed by atoms with Gasteiger partial charge in [0.05, 0.1) is 0 Å². The number of aromatic nitrogens is 1. The van der Waals surface area contributed by atoms with Gasteiger partial charge in [0.1, 0.15) is 11.8 Å². The lowest BCUT2D eigenvalue weighted by atomic mass is 9.95. The van der Waals surface area contributed by atoms with Crippen molar-refractivity contribution in [2.75, 3.05) is 6.54 Å². The van der Waals surface area contributed by atoms with Crippen molar-refractivity contribution in [2.45, 2.75) is 44.8 Å². The van der Waals surface area contributed by atoms with E-state index in [1.807, 2.05) is 12.1 Å². The molecule has 2 unspecified atom stereocenters. The smallest absolute Gasteiger partial charge is 0.140 e. The van der Waals surface area contributed by atoms with Crippen LogP contribution in [0.5, 0.6) is 0 Å². The van der Waals surface area contributed by atoms with E-state index in [1.54, 1.807) is 6.20 Å². The van der Waals surface area contributed by atoms with E-state index < -0.39 is 0 Å². The summed E-state index contributed by atoms with van der Waals surface area (Å²) in [6.07, 6.45) is 5.38. The molecule has 0 amide bonds. The molecular weight excluding hydrogens is 224 g/mol. The third-order valence-electron chi connectivity index (χ3n) is 3.77. The highest BCUT2D eigenvalue weighted by Crippen LogP contribution is 2.24. The summed E-state index contributed by atoms with van der Waals surface area (Å²) in [4.78, 5) is 6.46. The second kappa shape index (κ2) is 5.94. The maximum absolute atomic E-state index is 8.87. The largest absolute Gasteiger partial charge is 0.329 e. The number of hydrogen-bond acceptors (Lipinski definition) is 4. The second-order valence-corrected chi connectivity index (χ2v) is 5.00. The number of nitrogens with zero attached hydrogens (tertiary/aromatic N) is 3. The molecule has 2 rings (SSSR count). The predicted molar refractivity (Wildman–Crippen MR) is 70.7 cm³/mol. The van der Waals surface area contributed by atoms with Crippen LogP contribution in [0.15, 0.2) is 18.3 Å². The maximum Gasteiger partial charge on any atom is 0.140 e. The number of nitrogens with two attached hydrogens (primary N) is 1. The number of pyridine rings is 1. The summed E-state index contributed by atoms with van der Waals surface area (Å²) >= 11 is 0. The Bertz CT molecular complexity index is 438. The van der Waals surface area contributed by atoms with E-state index in [0.717, 1.165) is 12.1 Å². The lowest BCUT2D eigenvalue weighted by molar-refractivity contribution is 0.0892. The van der Waals surface area contributed by atoms with Crippen molar-refractivity contribution >= 4 is 0 Å². The third-order valence-corrected chi connectivity index (χ3v) is 3.77. The van der Waals surface area contributed by atoms with Gasteiger partial charge in [0, 0.05) is 31.4 Å². The van der Waals surface area contributed by atoms with Crippen LogP contribution in [0.3, 0.4) is 0 Å². The maximum atomic E-state index is 8.87. The first-order chi connectivity index (χ1) is 8.74. The van der Waals surface area contributed by atoms with Crippen molar-refractivity contribution in [2.24, 2.45) is 5.73 Å². The molecule has 4 nitrogen and oxygen atoms in total. The van der Waals surface area contributed by atoms with Gasteiger partial charge in [0.15, 0.2) is 0 Å². The van der Waals surface area contributed by atoms with Crippen LogP contribution in [0, 0.1) is 11.3 Å². The Labute approximate surface area is 108 Å². The first kappa shape index (κ1) is 13.0. The molecule has 2 N–H and O–H groups in total.